The van der Waals surface area contributed by atoms with Gasteiger partial charge in [0.25, 0.3) is 0 Å². The first kappa shape index (κ1) is 23.0. The van der Waals surface area contributed by atoms with Crippen molar-refractivity contribution in [1.82, 2.24) is 24.9 Å². The number of anilines is 1. The zero-order valence-electron chi connectivity index (χ0n) is 18.0. The number of carboxylic acid groups (broad SMARTS) is 1. The van der Waals surface area contributed by atoms with Gasteiger partial charge in [0, 0.05) is 18.2 Å². The van der Waals surface area contributed by atoms with Crippen LogP contribution in [0.15, 0.2) is 53.4 Å². The van der Waals surface area contributed by atoms with Crippen molar-refractivity contribution in [3.8, 4) is 22.9 Å². The molecule has 4 rings (SSSR count). The van der Waals surface area contributed by atoms with Crippen molar-refractivity contribution in [1.29, 1.82) is 0 Å². The summed E-state index contributed by atoms with van der Waals surface area (Å²) < 4.78 is 40.2. The number of hydrogen-bond acceptors (Lipinski definition) is 8. The highest BCUT2D eigenvalue weighted by atomic mass is 19.1. The van der Waals surface area contributed by atoms with Crippen LogP contribution in [-0.2, 0) is 16.1 Å². The molecule has 0 aliphatic carbocycles. The average Bonchev–Trinajstić information content (AvgIpc) is 3.49. The van der Waals surface area contributed by atoms with Crippen LogP contribution in [0.5, 0.6) is 0 Å². The Hall–Kier alpha value is -4.19. The summed E-state index contributed by atoms with van der Waals surface area (Å²) in [4.78, 5) is 19.6. The summed E-state index contributed by atoms with van der Waals surface area (Å²) in [5, 5.41) is 20.3. The van der Waals surface area contributed by atoms with Gasteiger partial charge >= 0.3 is 5.97 Å². The monoisotopic (exact) mass is 470 g/mol. The molecule has 12 heteroatoms. The zero-order valence-corrected chi connectivity index (χ0v) is 18.0. The molecule has 0 aliphatic rings. The molecular weight excluding hydrogens is 450 g/mol. The van der Waals surface area contributed by atoms with E-state index in [2.05, 4.69) is 25.5 Å². The van der Waals surface area contributed by atoms with E-state index in [1.807, 2.05) is 0 Å². The second-order valence-electron chi connectivity index (χ2n) is 7.13. The molecule has 0 saturated carbocycles. The second kappa shape index (κ2) is 10.2. The number of hydrogen-bond donors (Lipinski definition) is 2. The Labute approximate surface area is 192 Å². The second-order valence-corrected chi connectivity index (χ2v) is 7.13. The first-order valence-electron chi connectivity index (χ1n) is 10.3. The largest absolute Gasteiger partial charge is 0.480 e. The maximum atomic E-state index is 14.4. The Morgan fingerprint density at radius 2 is 2.06 bits per heavy atom. The summed E-state index contributed by atoms with van der Waals surface area (Å²) in [6.07, 6.45) is 2.30. The SMILES string of the molecule is CCOC[C@H](Nc1nc(-c2cc(-c3ccon3)n(Cc3ccccc3F)n2)ncc1F)C(=O)O. The summed E-state index contributed by atoms with van der Waals surface area (Å²) in [7, 11) is 0. The molecule has 3 heterocycles. The van der Waals surface area contributed by atoms with Crippen LogP contribution in [0, 0.1) is 11.6 Å². The number of aromatic nitrogens is 5. The molecule has 2 N–H and O–H groups in total. The van der Waals surface area contributed by atoms with Crippen LogP contribution in [0.1, 0.15) is 12.5 Å². The molecule has 0 bridgehead atoms. The normalized spacial score (nSPS) is 12.0. The van der Waals surface area contributed by atoms with Gasteiger partial charge in [-0.2, -0.15) is 5.10 Å². The molecule has 0 fully saturated rings. The van der Waals surface area contributed by atoms with E-state index in [9.17, 15) is 18.7 Å². The van der Waals surface area contributed by atoms with Crippen molar-refractivity contribution >= 4 is 11.8 Å². The van der Waals surface area contributed by atoms with E-state index in [-0.39, 0.29) is 30.5 Å². The summed E-state index contributed by atoms with van der Waals surface area (Å²) >= 11 is 0. The fraction of sp³-hybridized carbons (Fsp3) is 0.227. The molecule has 3 aromatic heterocycles. The summed E-state index contributed by atoms with van der Waals surface area (Å²) in [5.74, 6) is -2.75. The molecule has 0 spiro atoms. The molecule has 0 radical (unpaired) electrons. The van der Waals surface area contributed by atoms with Crippen LogP contribution in [0.2, 0.25) is 0 Å². The molecule has 0 unspecified atom stereocenters. The van der Waals surface area contributed by atoms with E-state index >= 15 is 0 Å². The van der Waals surface area contributed by atoms with Crippen molar-refractivity contribution in [3.05, 3.63) is 66.1 Å². The molecular formula is C22H20F2N6O4. The van der Waals surface area contributed by atoms with E-state index in [0.717, 1.165) is 6.20 Å². The Bertz CT molecular complexity index is 1280. The van der Waals surface area contributed by atoms with Crippen LogP contribution in [0.4, 0.5) is 14.6 Å². The predicted octanol–water partition coefficient (Wildman–Crippen LogP) is 3.22. The molecule has 10 nitrogen and oxygen atoms in total. The van der Waals surface area contributed by atoms with Gasteiger partial charge < -0.3 is 19.7 Å². The number of carboxylic acids is 1. The lowest BCUT2D eigenvalue weighted by atomic mass is 10.2. The minimum absolute atomic E-state index is 0.0291. The lowest BCUT2D eigenvalue weighted by molar-refractivity contribution is -0.139. The minimum atomic E-state index is -1.23. The van der Waals surface area contributed by atoms with Crippen LogP contribution in [-0.4, -0.2) is 55.2 Å². The number of carbonyl (C=O) groups is 1. The molecule has 4 aromatic rings. The van der Waals surface area contributed by atoms with E-state index in [1.165, 1.54) is 17.0 Å². The van der Waals surface area contributed by atoms with Gasteiger partial charge in [0.15, 0.2) is 17.5 Å². The van der Waals surface area contributed by atoms with Crippen molar-refractivity contribution in [2.75, 3.05) is 18.5 Å². The lowest BCUT2D eigenvalue weighted by Crippen LogP contribution is -2.34. The third kappa shape index (κ3) is 5.07. The van der Waals surface area contributed by atoms with Crippen molar-refractivity contribution in [2.45, 2.75) is 19.5 Å². The number of nitrogens with zero attached hydrogens (tertiary/aromatic N) is 5. The van der Waals surface area contributed by atoms with Gasteiger partial charge in [-0.1, -0.05) is 23.4 Å². The van der Waals surface area contributed by atoms with Gasteiger partial charge in [-0.15, -0.1) is 0 Å². The smallest absolute Gasteiger partial charge is 0.328 e. The van der Waals surface area contributed by atoms with E-state index < -0.39 is 23.6 Å². The average molecular weight is 470 g/mol. The summed E-state index contributed by atoms with van der Waals surface area (Å²) in [6, 6.07) is 8.26. The highest BCUT2D eigenvalue weighted by Crippen LogP contribution is 2.26. The number of rotatable bonds is 10. The maximum absolute atomic E-state index is 14.4. The van der Waals surface area contributed by atoms with Gasteiger partial charge in [-0.3, -0.25) is 4.68 Å². The number of benzene rings is 1. The Morgan fingerprint density at radius 1 is 1.24 bits per heavy atom. The highest BCUT2D eigenvalue weighted by molar-refractivity contribution is 5.77. The third-order valence-electron chi connectivity index (χ3n) is 4.83. The predicted molar refractivity (Wildman–Crippen MR) is 116 cm³/mol. The Kier molecular flexibility index (Phi) is 6.87. The van der Waals surface area contributed by atoms with Crippen LogP contribution in [0.3, 0.4) is 0 Å². The van der Waals surface area contributed by atoms with Crippen LogP contribution >= 0.6 is 0 Å². The van der Waals surface area contributed by atoms with Crippen molar-refractivity contribution in [2.24, 2.45) is 0 Å². The van der Waals surface area contributed by atoms with Crippen molar-refractivity contribution in [3.63, 3.8) is 0 Å². The van der Waals surface area contributed by atoms with Crippen LogP contribution < -0.4 is 5.32 Å². The quantitative estimate of drug-likeness (QED) is 0.359. The van der Waals surface area contributed by atoms with Gasteiger partial charge in [0.05, 0.1) is 25.0 Å². The molecule has 1 aromatic carbocycles. The molecule has 0 amide bonds. The maximum Gasteiger partial charge on any atom is 0.328 e. The first-order chi connectivity index (χ1) is 16.5. The van der Waals surface area contributed by atoms with Gasteiger partial charge in [-0.25, -0.2) is 23.5 Å². The molecule has 176 valence electrons. The first-order valence-corrected chi connectivity index (χ1v) is 10.3. The van der Waals surface area contributed by atoms with Crippen LogP contribution in [0.25, 0.3) is 22.9 Å². The number of nitrogens with one attached hydrogen (secondary N) is 1. The fourth-order valence-corrected chi connectivity index (χ4v) is 3.15. The van der Waals surface area contributed by atoms with E-state index in [1.54, 1.807) is 37.3 Å². The minimum Gasteiger partial charge on any atom is -0.480 e. The van der Waals surface area contributed by atoms with E-state index in [0.29, 0.717) is 23.6 Å². The third-order valence-corrected chi connectivity index (χ3v) is 4.83. The molecule has 34 heavy (non-hydrogen) atoms. The summed E-state index contributed by atoms with van der Waals surface area (Å²) in [6.45, 7) is 1.91. The zero-order chi connectivity index (χ0) is 24.1. The topological polar surface area (TPSA) is 128 Å². The standard InChI is InChI=1S/C22H20F2N6O4/c1-2-33-12-18(22(31)32)26-20-15(24)10-25-21(27-20)17-9-19(16-7-8-34-29-16)30(28-17)11-13-5-3-4-6-14(13)23/h3-10,18H,2,11-12H2,1H3,(H,31,32)(H,25,26,27)/t18-/m0/s1. The fourth-order valence-electron chi connectivity index (χ4n) is 3.15. The molecule has 0 saturated heterocycles. The van der Waals surface area contributed by atoms with Gasteiger partial charge in [0.2, 0.25) is 0 Å². The lowest BCUT2D eigenvalue weighted by Gasteiger charge is -2.15. The Balaban J connectivity index is 1.70. The number of halogens is 2. The number of ether oxygens (including phenoxy) is 1. The summed E-state index contributed by atoms with van der Waals surface area (Å²) in [5.41, 5.74) is 1.57. The molecule has 1 atom stereocenters. The number of aliphatic carboxylic acids is 1. The van der Waals surface area contributed by atoms with Crippen molar-refractivity contribution < 1.29 is 27.9 Å². The Morgan fingerprint density at radius 3 is 2.76 bits per heavy atom. The van der Waals surface area contributed by atoms with Gasteiger partial charge in [-0.05, 0) is 19.1 Å². The van der Waals surface area contributed by atoms with E-state index in [4.69, 9.17) is 9.26 Å². The molecule has 0 aliphatic heterocycles. The highest BCUT2D eigenvalue weighted by Gasteiger charge is 2.22. The van der Waals surface area contributed by atoms with Gasteiger partial charge in [0.1, 0.15) is 29.5 Å².